The van der Waals surface area contributed by atoms with Gasteiger partial charge < -0.3 is 19.9 Å². The number of hydrogen-bond donors (Lipinski definition) is 3. The zero-order valence-electron chi connectivity index (χ0n) is 12.9. The molecule has 126 valence electrons. The molecule has 0 aliphatic rings. The van der Waals surface area contributed by atoms with Crippen LogP contribution >= 0.6 is 0 Å². The second-order valence-corrected chi connectivity index (χ2v) is 5.24. The Bertz CT molecular complexity index is 1020. The van der Waals surface area contributed by atoms with E-state index in [1.54, 1.807) is 36.4 Å². The molecule has 3 aromatic rings. The number of carbonyl (C=O) groups excluding carboxylic acids is 1. The summed E-state index contributed by atoms with van der Waals surface area (Å²) in [6.45, 7) is -0.633. The Morgan fingerprint density at radius 2 is 1.76 bits per heavy atom. The van der Waals surface area contributed by atoms with Gasteiger partial charge in [-0.1, -0.05) is 42.5 Å². The number of carboxylic acid groups (broad SMARTS) is 1. The largest absolute Gasteiger partial charge is 0.480 e. The molecule has 3 N–H and O–H groups in total. The van der Waals surface area contributed by atoms with Gasteiger partial charge in [-0.2, -0.15) is 0 Å². The average Bonchev–Trinajstić information content (AvgIpc) is 2.60. The molecule has 0 aliphatic carbocycles. The molecule has 0 bridgehead atoms. The maximum atomic E-state index is 12.4. The molecule has 0 unspecified atom stereocenters. The SMILES string of the molecule is O=C(O)CNC(=O)c1c(O)oc(=O)c2cccc(-c3ccccc3)c12. The molecule has 1 aromatic heterocycles. The zero-order chi connectivity index (χ0) is 18.0. The third kappa shape index (κ3) is 3.07. The Kier molecular flexibility index (Phi) is 4.21. The maximum Gasteiger partial charge on any atom is 0.346 e. The van der Waals surface area contributed by atoms with E-state index in [2.05, 4.69) is 5.32 Å². The van der Waals surface area contributed by atoms with Crippen LogP contribution in [0.1, 0.15) is 10.4 Å². The predicted octanol–water partition coefficient (Wildman–Crippen LogP) is 1.98. The molecule has 7 heteroatoms. The highest BCUT2D eigenvalue weighted by Crippen LogP contribution is 2.33. The fourth-order valence-electron chi connectivity index (χ4n) is 2.61. The normalized spacial score (nSPS) is 10.6. The molecule has 0 spiro atoms. The minimum absolute atomic E-state index is 0.111. The summed E-state index contributed by atoms with van der Waals surface area (Å²) in [4.78, 5) is 35.1. The minimum atomic E-state index is -1.24. The number of rotatable bonds is 4. The van der Waals surface area contributed by atoms with Crippen LogP contribution in [-0.2, 0) is 4.79 Å². The number of amides is 1. The molecule has 3 rings (SSSR count). The third-order valence-electron chi connectivity index (χ3n) is 3.65. The Balaban J connectivity index is 2.31. The van der Waals surface area contributed by atoms with Crippen molar-refractivity contribution < 1.29 is 24.2 Å². The van der Waals surface area contributed by atoms with E-state index < -0.39 is 30.0 Å². The fourth-order valence-corrected chi connectivity index (χ4v) is 2.61. The lowest BCUT2D eigenvalue weighted by Crippen LogP contribution is -2.29. The van der Waals surface area contributed by atoms with Crippen molar-refractivity contribution in [2.45, 2.75) is 0 Å². The summed E-state index contributed by atoms with van der Waals surface area (Å²) >= 11 is 0. The van der Waals surface area contributed by atoms with Gasteiger partial charge in [0.05, 0.1) is 5.39 Å². The molecule has 0 saturated carbocycles. The molecular formula is C18H13NO6. The number of aliphatic carboxylic acids is 1. The van der Waals surface area contributed by atoms with Gasteiger partial charge in [0.2, 0.25) is 0 Å². The van der Waals surface area contributed by atoms with Crippen molar-refractivity contribution in [2.75, 3.05) is 6.54 Å². The molecular weight excluding hydrogens is 326 g/mol. The van der Waals surface area contributed by atoms with Gasteiger partial charge in [-0.25, -0.2) is 4.79 Å². The van der Waals surface area contributed by atoms with E-state index in [1.807, 2.05) is 6.07 Å². The van der Waals surface area contributed by atoms with E-state index in [1.165, 1.54) is 6.07 Å². The Morgan fingerprint density at radius 1 is 1.04 bits per heavy atom. The van der Waals surface area contributed by atoms with Crippen molar-refractivity contribution in [3.05, 3.63) is 64.5 Å². The second kappa shape index (κ2) is 6.48. The van der Waals surface area contributed by atoms with Crippen molar-refractivity contribution in [1.29, 1.82) is 0 Å². The lowest BCUT2D eigenvalue weighted by atomic mass is 9.96. The van der Waals surface area contributed by atoms with Crippen molar-refractivity contribution in [3.8, 4) is 17.1 Å². The van der Waals surface area contributed by atoms with Crippen LogP contribution < -0.4 is 10.9 Å². The molecule has 0 radical (unpaired) electrons. The molecule has 0 aliphatic heterocycles. The van der Waals surface area contributed by atoms with Crippen LogP contribution in [0.4, 0.5) is 0 Å². The van der Waals surface area contributed by atoms with Crippen molar-refractivity contribution >= 4 is 22.6 Å². The Hall–Kier alpha value is -3.61. The van der Waals surface area contributed by atoms with Crippen LogP contribution in [0.5, 0.6) is 5.95 Å². The Morgan fingerprint density at radius 3 is 2.44 bits per heavy atom. The first-order valence-electron chi connectivity index (χ1n) is 7.33. The highest BCUT2D eigenvalue weighted by Gasteiger charge is 2.23. The van der Waals surface area contributed by atoms with Crippen LogP contribution in [0.2, 0.25) is 0 Å². The summed E-state index contributed by atoms with van der Waals surface area (Å²) in [5, 5.41) is 21.2. The lowest BCUT2D eigenvalue weighted by Gasteiger charge is -2.11. The lowest BCUT2D eigenvalue weighted by molar-refractivity contribution is -0.135. The van der Waals surface area contributed by atoms with E-state index in [4.69, 9.17) is 9.52 Å². The van der Waals surface area contributed by atoms with E-state index in [0.717, 1.165) is 5.56 Å². The topological polar surface area (TPSA) is 117 Å². The maximum absolute atomic E-state index is 12.4. The molecule has 0 atom stereocenters. The van der Waals surface area contributed by atoms with E-state index in [-0.39, 0.29) is 16.3 Å². The number of fused-ring (bicyclic) bond motifs is 1. The summed E-state index contributed by atoms with van der Waals surface area (Å²) < 4.78 is 4.73. The average molecular weight is 339 g/mol. The van der Waals surface area contributed by atoms with Gasteiger partial charge in [0.25, 0.3) is 11.9 Å². The first kappa shape index (κ1) is 16.3. The summed E-state index contributed by atoms with van der Waals surface area (Å²) in [5.41, 5.74) is 0.197. The molecule has 7 nitrogen and oxygen atoms in total. The highest BCUT2D eigenvalue weighted by atomic mass is 16.5. The van der Waals surface area contributed by atoms with Crippen LogP contribution in [0.15, 0.2) is 57.7 Å². The van der Waals surface area contributed by atoms with E-state index in [0.29, 0.717) is 5.56 Å². The monoisotopic (exact) mass is 339 g/mol. The van der Waals surface area contributed by atoms with Gasteiger partial charge in [0.1, 0.15) is 12.1 Å². The zero-order valence-corrected chi connectivity index (χ0v) is 12.9. The Labute approximate surface area is 141 Å². The summed E-state index contributed by atoms with van der Waals surface area (Å²) in [5.74, 6) is -2.95. The summed E-state index contributed by atoms with van der Waals surface area (Å²) in [7, 11) is 0. The molecule has 2 aromatic carbocycles. The highest BCUT2D eigenvalue weighted by molar-refractivity contribution is 6.13. The first-order chi connectivity index (χ1) is 12.0. The van der Waals surface area contributed by atoms with Crippen LogP contribution in [0, 0.1) is 0 Å². The van der Waals surface area contributed by atoms with Crippen LogP contribution in [0.25, 0.3) is 21.9 Å². The van der Waals surface area contributed by atoms with Gasteiger partial charge in [-0.3, -0.25) is 9.59 Å². The number of carbonyl (C=O) groups is 2. The standard InChI is InChI=1S/C18H13NO6/c20-13(21)9-19-16(22)15-14-11(10-5-2-1-3-6-10)7-4-8-12(14)17(23)25-18(15)24/h1-8,24H,9H2,(H,19,22)(H,20,21). The number of carboxylic acids is 1. The summed E-state index contributed by atoms with van der Waals surface area (Å²) in [6, 6.07) is 13.8. The van der Waals surface area contributed by atoms with Gasteiger partial charge in [0, 0.05) is 5.39 Å². The third-order valence-corrected chi connectivity index (χ3v) is 3.65. The van der Waals surface area contributed by atoms with Gasteiger partial charge in [0.15, 0.2) is 0 Å². The number of nitrogens with one attached hydrogen (secondary N) is 1. The van der Waals surface area contributed by atoms with Gasteiger partial charge in [-0.05, 0) is 17.2 Å². The van der Waals surface area contributed by atoms with Crippen molar-refractivity contribution in [3.63, 3.8) is 0 Å². The molecule has 25 heavy (non-hydrogen) atoms. The van der Waals surface area contributed by atoms with Gasteiger partial charge >= 0.3 is 11.6 Å². The van der Waals surface area contributed by atoms with Gasteiger partial charge in [-0.15, -0.1) is 0 Å². The summed E-state index contributed by atoms with van der Waals surface area (Å²) in [6.07, 6.45) is 0. The second-order valence-electron chi connectivity index (χ2n) is 5.24. The fraction of sp³-hybridized carbons (Fsp3) is 0.0556. The predicted molar refractivity (Wildman–Crippen MR) is 89.6 cm³/mol. The molecule has 1 heterocycles. The molecule has 0 fully saturated rings. The minimum Gasteiger partial charge on any atom is -0.480 e. The number of benzene rings is 2. The van der Waals surface area contributed by atoms with Crippen molar-refractivity contribution in [2.24, 2.45) is 0 Å². The number of aromatic hydroxyl groups is 1. The smallest absolute Gasteiger partial charge is 0.346 e. The first-order valence-corrected chi connectivity index (χ1v) is 7.33. The van der Waals surface area contributed by atoms with Crippen LogP contribution in [-0.4, -0.2) is 28.6 Å². The van der Waals surface area contributed by atoms with E-state index in [9.17, 15) is 19.5 Å². The molecule has 0 saturated heterocycles. The van der Waals surface area contributed by atoms with Crippen molar-refractivity contribution in [1.82, 2.24) is 5.32 Å². The van der Waals surface area contributed by atoms with E-state index >= 15 is 0 Å². The number of hydrogen-bond acceptors (Lipinski definition) is 5. The van der Waals surface area contributed by atoms with Crippen LogP contribution in [0.3, 0.4) is 0 Å². The molecule has 1 amide bonds. The quantitative estimate of drug-likeness (QED) is 0.669.